The van der Waals surface area contributed by atoms with E-state index in [1.807, 2.05) is 0 Å². The molecule has 5 nitrogen and oxygen atoms in total. The van der Waals surface area contributed by atoms with Crippen LogP contribution < -0.4 is 14.8 Å². The van der Waals surface area contributed by atoms with E-state index in [1.165, 1.54) is 31.5 Å². The monoisotopic (exact) mass is 312 g/mol. The topological polar surface area (TPSA) is 60.5 Å². The third kappa shape index (κ3) is 3.87. The molecule has 0 aliphatic heterocycles. The summed E-state index contributed by atoms with van der Waals surface area (Å²) in [4.78, 5) is 14.8. The van der Waals surface area contributed by atoms with Gasteiger partial charge in [-0.2, -0.15) is 13.2 Å². The first-order valence-corrected chi connectivity index (χ1v) is 6.04. The second-order valence-electron chi connectivity index (χ2n) is 4.10. The van der Waals surface area contributed by atoms with Crippen molar-refractivity contribution in [3.05, 3.63) is 42.7 Å². The molecule has 0 saturated carbocycles. The van der Waals surface area contributed by atoms with Gasteiger partial charge in [-0.05, 0) is 24.3 Å². The van der Waals surface area contributed by atoms with Crippen LogP contribution in [-0.4, -0.2) is 24.2 Å². The fourth-order valence-corrected chi connectivity index (χ4v) is 1.58. The van der Waals surface area contributed by atoms with E-state index < -0.39 is 12.1 Å². The number of benzene rings is 1. The van der Waals surface area contributed by atoms with Crippen molar-refractivity contribution in [1.82, 2.24) is 4.98 Å². The van der Waals surface area contributed by atoms with Crippen LogP contribution in [0.15, 0.2) is 42.7 Å². The molecule has 0 atom stereocenters. The molecule has 0 fully saturated rings. The lowest BCUT2D eigenvalue weighted by molar-refractivity contribution is -0.167. The number of anilines is 1. The zero-order chi connectivity index (χ0) is 16.2. The van der Waals surface area contributed by atoms with E-state index in [0.717, 1.165) is 0 Å². The highest BCUT2D eigenvalue weighted by molar-refractivity contribution is 5.96. The van der Waals surface area contributed by atoms with Crippen LogP contribution in [0.2, 0.25) is 0 Å². The number of rotatable bonds is 4. The maximum Gasteiger partial charge on any atom is 0.471 e. The third-order valence-electron chi connectivity index (χ3n) is 2.55. The minimum atomic E-state index is -4.98. The Bertz CT molecular complexity index is 660. The van der Waals surface area contributed by atoms with E-state index in [9.17, 15) is 18.0 Å². The van der Waals surface area contributed by atoms with Gasteiger partial charge in [0.05, 0.1) is 19.0 Å². The smallest absolute Gasteiger partial charge is 0.471 e. The van der Waals surface area contributed by atoms with Gasteiger partial charge in [-0.1, -0.05) is 0 Å². The lowest BCUT2D eigenvalue weighted by atomic mass is 10.2. The molecule has 1 aromatic carbocycles. The Morgan fingerprint density at radius 3 is 2.59 bits per heavy atom. The van der Waals surface area contributed by atoms with Crippen LogP contribution in [-0.2, 0) is 4.79 Å². The molecule has 0 unspecified atom stereocenters. The Morgan fingerprint density at radius 1 is 1.23 bits per heavy atom. The van der Waals surface area contributed by atoms with Crippen LogP contribution in [0, 0.1) is 0 Å². The maximum atomic E-state index is 12.3. The van der Waals surface area contributed by atoms with Gasteiger partial charge in [0.15, 0.2) is 0 Å². The van der Waals surface area contributed by atoms with E-state index in [-0.39, 0.29) is 11.4 Å². The zero-order valence-electron chi connectivity index (χ0n) is 11.3. The Labute approximate surface area is 123 Å². The van der Waals surface area contributed by atoms with Gasteiger partial charge in [0.1, 0.15) is 17.2 Å². The van der Waals surface area contributed by atoms with Gasteiger partial charge in [0, 0.05) is 12.3 Å². The number of hydrogen-bond donors (Lipinski definition) is 1. The molecule has 1 heterocycles. The fourth-order valence-electron chi connectivity index (χ4n) is 1.58. The minimum Gasteiger partial charge on any atom is -0.494 e. The number of halogens is 3. The summed E-state index contributed by atoms with van der Waals surface area (Å²) < 4.78 is 47.2. The summed E-state index contributed by atoms with van der Waals surface area (Å²) in [5, 5.41) is 1.74. The number of carbonyl (C=O) groups excluding carboxylic acids is 1. The number of aromatic nitrogens is 1. The molecule has 1 aromatic heterocycles. The maximum absolute atomic E-state index is 12.3. The number of nitrogens with one attached hydrogen (secondary N) is 1. The van der Waals surface area contributed by atoms with Gasteiger partial charge < -0.3 is 14.8 Å². The Morgan fingerprint density at radius 2 is 2.00 bits per heavy atom. The number of nitrogens with zero attached hydrogens (tertiary/aromatic N) is 1. The molecule has 0 saturated heterocycles. The zero-order valence-corrected chi connectivity index (χ0v) is 11.3. The second-order valence-corrected chi connectivity index (χ2v) is 4.10. The Hall–Kier alpha value is -2.77. The van der Waals surface area contributed by atoms with Crippen molar-refractivity contribution in [2.75, 3.05) is 12.4 Å². The van der Waals surface area contributed by atoms with E-state index in [4.69, 9.17) is 9.47 Å². The molecule has 8 heteroatoms. The van der Waals surface area contributed by atoms with Gasteiger partial charge in [-0.3, -0.25) is 9.78 Å². The van der Waals surface area contributed by atoms with Crippen molar-refractivity contribution in [3.8, 4) is 17.2 Å². The highest BCUT2D eigenvalue weighted by Crippen LogP contribution is 2.32. The van der Waals surface area contributed by atoms with Gasteiger partial charge >= 0.3 is 12.1 Å². The summed E-state index contributed by atoms with van der Waals surface area (Å²) >= 11 is 0. The molecule has 1 N–H and O–H groups in total. The van der Waals surface area contributed by atoms with Crippen LogP contribution in [0.3, 0.4) is 0 Å². The molecule has 0 bridgehead atoms. The molecule has 0 aliphatic rings. The first-order valence-electron chi connectivity index (χ1n) is 6.04. The molecule has 116 valence electrons. The molecule has 2 aromatic rings. The van der Waals surface area contributed by atoms with Gasteiger partial charge in [0.2, 0.25) is 0 Å². The minimum absolute atomic E-state index is 0.0407. The lowest BCUT2D eigenvalue weighted by Gasteiger charge is -2.13. The molecular formula is C14H11F3N2O3. The van der Waals surface area contributed by atoms with Crippen LogP contribution in [0.25, 0.3) is 0 Å². The first-order chi connectivity index (χ1) is 10.4. The molecular weight excluding hydrogens is 301 g/mol. The van der Waals surface area contributed by atoms with Gasteiger partial charge in [-0.15, -0.1) is 0 Å². The van der Waals surface area contributed by atoms with Crippen molar-refractivity contribution >= 4 is 11.6 Å². The van der Waals surface area contributed by atoms with Gasteiger partial charge in [0.25, 0.3) is 0 Å². The van der Waals surface area contributed by atoms with Crippen LogP contribution in [0.1, 0.15) is 0 Å². The largest absolute Gasteiger partial charge is 0.494 e. The first kappa shape index (κ1) is 15.6. The summed E-state index contributed by atoms with van der Waals surface area (Å²) in [5.74, 6) is -1.25. The average molecular weight is 312 g/mol. The summed E-state index contributed by atoms with van der Waals surface area (Å²) in [7, 11) is 1.27. The quantitative estimate of drug-likeness (QED) is 0.940. The number of alkyl halides is 3. The van der Waals surface area contributed by atoms with Crippen LogP contribution >= 0.6 is 0 Å². The Kier molecular flexibility index (Phi) is 4.50. The molecule has 2 rings (SSSR count). The second kappa shape index (κ2) is 6.33. The van der Waals surface area contributed by atoms with E-state index in [1.54, 1.807) is 23.6 Å². The van der Waals surface area contributed by atoms with Gasteiger partial charge in [-0.25, -0.2) is 0 Å². The van der Waals surface area contributed by atoms with E-state index >= 15 is 0 Å². The molecule has 0 aliphatic carbocycles. The lowest BCUT2D eigenvalue weighted by Crippen LogP contribution is -2.30. The highest BCUT2D eigenvalue weighted by atomic mass is 19.4. The third-order valence-corrected chi connectivity index (χ3v) is 2.55. The number of carbonyl (C=O) groups is 1. The van der Waals surface area contributed by atoms with Crippen molar-refractivity contribution < 1.29 is 27.4 Å². The summed E-state index contributed by atoms with van der Waals surface area (Å²) in [5.41, 5.74) is -0.108. The number of amides is 1. The predicted molar refractivity (Wildman–Crippen MR) is 72.0 cm³/mol. The molecule has 0 spiro atoms. The predicted octanol–water partition coefficient (Wildman–Crippen LogP) is 3.38. The summed E-state index contributed by atoms with van der Waals surface area (Å²) in [6.07, 6.45) is -1.93. The normalized spacial score (nSPS) is 10.9. The average Bonchev–Trinajstić information content (AvgIpc) is 2.48. The fraction of sp³-hybridized carbons (Fsp3) is 0.143. The Balaban J connectivity index is 2.19. The highest BCUT2D eigenvalue weighted by Gasteiger charge is 2.39. The van der Waals surface area contributed by atoms with Crippen LogP contribution in [0.4, 0.5) is 18.9 Å². The van der Waals surface area contributed by atoms with E-state index in [2.05, 4.69) is 4.98 Å². The number of pyridine rings is 1. The van der Waals surface area contributed by atoms with Crippen molar-refractivity contribution in [2.45, 2.75) is 6.18 Å². The molecule has 0 radical (unpaired) electrons. The molecule has 1 amide bonds. The van der Waals surface area contributed by atoms with Crippen molar-refractivity contribution in [2.24, 2.45) is 0 Å². The van der Waals surface area contributed by atoms with E-state index in [0.29, 0.717) is 11.5 Å². The van der Waals surface area contributed by atoms with Crippen molar-refractivity contribution in [3.63, 3.8) is 0 Å². The number of ether oxygens (including phenoxy) is 2. The molecule has 22 heavy (non-hydrogen) atoms. The SMILES string of the molecule is COc1cc(Oc2cccnc2)ccc1NC(=O)C(F)(F)F. The standard InChI is InChI=1S/C14H11F3N2O3/c1-21-12-7-9(22-10-3-2-6-18-8-10)4-5-11(12)19-13(20)14(15,16)17/h2-8H,1H3,(H,19,20). The van der Waals surface area contributed by atoms with Crippen molar-refractivity contribution in [1.29, 1.82) is 0 Å². The summed E-state index contributed by atoms with van der Waals surface area (Å²) in [6, 6.07) is 7.36. The van der Waals surface area contributed by atoms with Crippen LogP contribution in [0.5, 0.6) is 17.2 Å². The number of methoxy groups -OCH3 is 1. The number of hydrogen-bond acceptors (Lipinski definition) is 4. The summed E-state index contributed by atoms with van der Waals surface area (Å²) in [6.45, 7) is 0.